The number of aromatic nitrogens is 2. The van der Waals surface area contributed by atoms with Crippen molar-refractivity contribution in [3.63, 3.8) is 0 Å². The van der Waals surface area contributed by atoms with Gasteiger partial charge in [0.15, 0.2) is 0 Å². The summed E-state index contributed by atoms with van der Waals surface area (Å²) >= 11 is 0. The molecular formula is C19H24N4O2. The zero-order chi connectivity index (χ0) is 17.6. The molecule has 0 aliphatic carbocycles. The SMILES string of the molecule is Cc1cnn(CC(=O)N[C@@H](Cc2ccccc2)C(=O)N2CCCC2)c1. The first-order valence-electron chi connectivity index (χ1n) is 8.73. The third-order valence-corrected chi connectivity index (χ3v) is 4.40. The Hall–Kier alpha value is -2.63. The van der Waals surface area contributed by atoms with Gasteiger partial charge in [-0.2, -0.15) is 5.10 Å². The van der Waals surface area contributed by atoms with Crippen molar-refractivity contribution in [2.75, 3.05) is 13.1 Å². The third kappa shape index (κ3) is 4.68. The topological polar surface area (TPSA) is 67.2 Å². The van der Waals surface area contributed by atoms with Crippen LogP contribution in [0.1, 0.15) is 24.0 Å². The number of carbonyl (C=O) groups excluding carboxylic acids is 2. The fourth-order valence-corrected chi connectivity index (χ4v) is 3.15. The van der Waals surface area contributed by atoms with Gasteiger partial charge in [-0.25, -0.2) is 0 Å². The quantitative estimate of drug-likeness (QED) is 0.867. The highest BCUT2D eigenvalue weighted by atomic mass is 16.2. The second kappa shape index (κ2) is 7.96. The third-order valence-electron chi connectivity index (χ3n) is 4.40. The average molecular weight is 340 g/mol. The van der Waals surface area contributed by atoms with Gasteiger partial charge in [-0.3, -0.25) is 14.3 Å². The summed E-state index contributed by atoms with van der Waals surface area (Å²) in [6.07, 6.45) is 6.09. The van der Waals surface area contributed by atoms with Crippen LogP contribution in [0.4, 0.5) is 0 Å². The first-order chi connectivity index (χ1) is 12.1. The summed E-state index contributed by atoms with van der Waals surface area (Å²) < 4.78 is 1.59. The van der Waals surface area contributed by atoms with Gasteiger partial charge in [-0.1, -0.05) is 30.3 Å². The monoisotopic (exact) mass is 340 g/mol. The molecule has 132 valence electrons. The van der Waals surface area contributed by atoms with Gasteiger partial charge in [0, 0.05) is 25.7 Å². The molecule has 0 unspecified atom stereocenters. The van der Waals surface area contributed by atoms with Gasteiger partial charge in [0.1, 0.15) is 12.6 Å². The Morgan fingerprint density at radius 1 is 1.20 bits per heavy atom. The summed E-state index contributed by atoms with van der Waals surface area (Å²) in [5.41, 5.74) is 2.04. The highest BCUT2D eigenvalue weighted by molar-refractivity contribution is 5.88. The molecule has 2 amide bonds. The first-order valence-corrected chi connectivity index (χ1v) is 8.73. The number of hydrogen-bond acceptors (Lipinski definition) is 3. The zero-order valence-electron chi connectivity index (χ0n) is 14.5. The summed E-state index contributed by atoms with van der Waals surface area (Å²) in [7, 11) is 0. The maximum atomic E-state index is 12.8. The minimum absolute atomic E-state index is 0.00588. The lowest BCUT2D eigenvalue weighted by Crippen LogP contribution is -2.49. The lowest BCUT2D eigenvalue weighted by Gasteiger charge is -2.24. The maximum absolute atomic E-state index is 12.8. The van der Waals surface area contributed by atoms with Crippen molar-refractivity contribution in [1.82, 2.24) is 20.0 Å². The number of nitrogens with one attached hydrogen (secondary N) is 1. The minimum atomic E-state index is -0.537. The van der Waals surface area contributed by atoms with Crippen LogP contribution >= 0.6 is 0 Å². The van der Waals surface area contributed by atoms with E-state index in [0.717, 1.165) is 37.1 Å². The standard InChI is InChI=1S/C19H24N4O2/c1-15-12-20-23(13-15)14-18(24)21-17(11-16-7-3-2-4-8-16)19(25)22-9-5-6-10-22/h2-4,7-8,12-13,17H,5-6,9-11,14H2,1H3,(H,21,24)/t17-/m0/s1. The maximum Gasteiger partial charge on any atom is 0.245 e. The lowest BCUT2D eigenvalue weighted by atomic mass is 10.0. The fourth-order valence-electron chi connectivity index (χ4n) is 3.15. The van der Waals surface area contributed by atoms with Crippen LogP contribution in [0.3, 0.4) is 0 Å². The molecule has 25 heavy (non-hydrogen) atoms. The smallest absolute Gasteiger partial charge is 0.245 e. The number of rotatable bonds is 6. The van der Waals surface area contributed by atoms with Crippen LogP contribution in [0.15, 0.2) is 42.7 Å². The number of carbonyl (C=O) groups is 2. The molecule has 1 N–H and O–H groups in total. The van der Waals surface area contributed by atoms with E-state index in [-0.39, 0.29) is 18.4 Å². The molecule has 1 aliphatic rings. The van der Waals surface area contributed by atoms with Gasteiger partial charge in [0.25, 0.3) is 0 Å². The summed E-state index contributed by atoms with van der Waals surface area (Å²) in [5, 5.41) is 7.04. The van der Waals surface area contributed by atoms with Gasteiger partial charge in [0.2, 0.25) is 11.8 Å². The van der Waals surface area contributed by atoms with E-state index in [9.17, 15) is 9.59 Å². The number of likely N-dealkylation sites (tertiary alicyclic amines) is 1. The molecule has 1 saturated heterocycles. The van der Waals surface area contributed by atoms with Gasteiger partial charge in [0.05, 0.1) is 6.20 Å². The van der Waals surface area contributed by atoms with Crippen LogP contribution in [0.25, 0.3) is 0 Å². The average Bonchev–Trinajstić information content (AvgIpc) is 3.26. The van der Waals surface area contributed by atoms with Crippen molar-refractivity contribution in [2.24, 2.45) is 0 Å². The molecule has 0 spiro atoms. The molecule has 1 atom stereocenters. The van der Waals surface area contributed by atoms with E-state index in [1.54, 1.807) is 10.9 Å². The van der Waals surface area contributed by atoms with Crippen molar-refractivity contribution >= 4 is 11.8 Å². The molecule has 2 aromatic rings. The number of benzene rings is 1. The second-order valence-corrected chi connectivity index (χ2v) is 6.56. The highest BCUT2D eigenvalue weighted by Crippen LogP contribution is 2.12. The number of nitrogens with zero attached hydrogens (tertiary/aromatic N) is 3. The Morgan fingerprint density at radius 2 is 1.92 bits per heavy atom. The van der Waals surface area contributed by atoms with Crippen LogP contribution in [0, 0.1) is 6.92 Å². The molecule has 1 aliphatic heterocycles. The van der Waals surface area contributed by atoms with Crippen LogP contribution in [-0.4, -0.2) is 45.6 Å². The minimum Gasteiger partial charge on any atom is -0.342 e. The predicted molar refractivity (Wildman–Crippen MR) is 94.9 cm³/mol. The van der Waals surface area contributed by atoms with Crippen molar-refractivity contribution < 1.29 is 9.59 Å². The summed E-state index contributed by atoms with van der Waals surface area (Å²) in [6.45, 7) is 3.60. The Kier molecular flexibility index (Phi) is 5.48. The normalized spacial score (nSPS) is 15.2. The highest BCUT2D eigenvalue weighted by Gasteiger charge is 2.28. The molecule has 0 bridgehead atoms. The van der Waals surface area contributed by atoms with E-state index in [1.165, 1.54) is 0 Å². The fraction of sp³-hybridized carbons (Fsp3) is 0.421. The van der Waals surface area contributed by atoms with E-state index < -0.39 is 6.04 Å². The van der Waals surface area contributed by atoms with Crippen molar-refractivity contribution in [1.29, 1.82) is 0 Å². The molecular weight excluding hydrogens is 316 g/mol. The second-order valence-electron chi connectivity index (χ2n) is 6.56. The van der Waals surface area contributed by atoms with Crippen molar-refractivity contribution in [2.45, 2.75) is 38.8 Å². The van der Waals surface area contributed by atoms with Gasteiger partial charge < -0.3 is 10.2 Å². The van der Waals surface area contributed by atoms with Crippen LogP contribution in [0.5, 0.6) is 0 Å². The van der Waals surface area contributed by atoms with Crippen molar-refractivity contribution in [3.05, 3.63) is 53.9 Å². The summed E-state index contributed by atoms with van der Waals surface area (Å²) in [6, 6.07) is 9.26. The molecule has 1 fully saturated rings. The largest absolute Gasteiger partial charge is 0.342 e. The van der Waals surface area contributed by atoms with Crippen LogP contribution < -0.4 is 5.32 Å². The Bertz CT molecular complexity index is 720. The lowest BCUT2D eigenvalue weighted by molar-refractivity contribution is -0.135. The number of hydrogen-bond donors (Lipinski definition) is 1. The molecule has 2 heterocycles. The zero-order valence-corrected chi connectivity index (χ0v) is 14.5. The van der Waals surface area contributed by atoms with E-state index in [4.69, 9.17) is 0 Å². The first kappa shape index (κ1) is 17.2. The van der Waals surface area contributed by atoms with Gasteiger partial charge >= 0.3 is 0 Å². The molecule has 0 radical (unpaired) electrons. The van der Waals surface area contributed by atoms with E-state index in [0.29, 0.717) is 6.42 Å². The molecule has 1 aromatic heterocycles. The van der Waals surface area contributed by atoms with Crippen molar-refractivity contribution in [3.8, 4) is 0 Å². The molecule has 3 rings (SSSR count). The Labute approximate surface area is 147 Å². The Morgan fingerprint density at radius 3 is 2.56 bits per heavy atom. The molecule has 1 aromatic carbocycles. The molecule has 0 saturated carbocycles. The summed E-state index contributed by atoms with van der Waals surface area (Å²) in [5.74, 6) is -0.192. The van der Waals surface area contributed by atoms with Gasteiger partial charge in [-0.05, 0) is 30.9 Å². The Balaban J connectivity index is 1.68. The van der Waals surface area contributed by atoms with Crippen LogP contribution in [0.2, 0.25) is 0 Å². The van der Waals surface area contributed by atoms with E-state index in [1.807, 2.05) is 48.4 Å². The number of amides is 2. The summed E-state index contributed by atoms with van der Waals surface area (Å²) in [4.78, 5) is 27.1. The van der Waals surface area contributed by atoms with E-state index in [2.05, 4.69) is 10.4 Å². The predicted octanol–water partition coefficient (Wildman–Crippen LogP) is 1.54. The van der Waals surface area contributed by atoms with E-state index >= 15 is 0 Å². The number of aryl methyl sites for hydroxylation is 1. The molecule has 6 nitrogen and oxygen atoms in total. The van der Waals surface area contributed by atoms with Gasteiger partial charge in [-0.15, -0.1) is 0 Å². The molecule has 6 heteroatoms. The van der Waals surface area contributed by atoms with Crippen LogP contribution in [-0.2, 0) is 22.6 Å².